The number of hydrogen-bond acceptors (Lipinski definition) is 3. The molecule has 5 heteroatoms. The van der Waals surface area contributed by atoms with E-state index < -0.39 is 5.41 Å². The standard InChI is InChI=1S/C22H22N2O2S/c23-21(25)22(10-14-26-15-11-22)17-4-3-5-20(16-17)27-19-8-6-18(7-9-19)24-12-1-2-13-24/h1-9,12-13,16H,10-11,14-15H2,(H2,23,25). The van der Waals surface area contributed by atoms with Crippen LogP contribution in [-0.4, -0.2) is 23.7 Å². The van der Waals surface area contributed by atoms with Crippen molar-refractivity contribution < 1.29 is 9.53 Å². The lowest BCUT2D eigenvalue weighted by molar-refractivity contribution is -0.127. The van der Waals surface area contributed by atoms with Crippen molar-refractivity contribution in [3.8, 4) is 5.69 Å². The highest BCUT2D eigenvalue weighted by Crippen LogP contribution is 2.37. The molecule has 2 N–H and O–H groups in total. The fraction of sp³-hybridized carbons (Fsp3) is 0.227. The molecule has 4 nitrogen and oxygen atoms in total. The summed E-state index contributed by atoms with van der Waals surface area (Å²) >= 11 is 1.69. The Morgan fingerprint density at radius 3 is 2.33 bits per heavy atom. The average molecular weight is 378 g/mol. The van der Waals surface area contributed by atoms with Gasteiger partial charge in [0.1, 0.15) is 0 Å². The van der Waals surface area contributed by atoms with Gasteiger partial charge in [0, 0.05) is 41.1 Å². The Bertz CT molecular complexity index is 914. The van der Waals surface area contributed by atoms with E-state index in [1.165, 1.54) is 0 Å². The smallest absolute Gasteiger partial charge is 0.228 e. The molecule has 0 spiro atoms. The number of carbonyl (C=O) groups excluding carboxylic acids is 1. The van der Waals surface area contributed by atoms with Gasteiger partial charge < -0.3 is 15.0 Å². The van der Waals surface area contributed by atoms with E-state index in [1.807, 2.05) is 36.7 Å². The van der Waals surface area contributed by atoms with E-state index >= 15 is 0 Å². The van der Waals surface area contributed by atoms with E-state index in [-0.39, 0.29) is 5.91 Å². The van der Waals surface area contributed by atoms with Gasteiger partial charge in [-0.25, -0.2) is 0 Å². The first-order chi connectivity index (χ1) is 13.2. The number of benzene rings is 2. The average Bonchev–Trinajstić information content (AvgIpc) is 3.24. The lowest BCUT2D eigenvalue weighted by Gasteiger charge is -2.34. The zero-order valence-corrected chi connectivity index (χ0v) is 15.8. The van der Waals surface area contributed by atoms with Crippen molar-refractivity contribution in [2.45, 2.75) is 28.0 Å². The summed E-state index contributed by atoms with van der Waals surface area (Å²) in [5.41, 5.74) is 7.30. The van der Waals surface area contributed by atoms with Crippen LogP contribution in [0.5, 0.6) is 0 Å². The molecule has 2 heterocycles. The van der Waals surface area contributed by atoms with E-state index in [4.69, 9.17) is 10.5 Å². The zero-order chi connectivity index (χ0) is 18.7. The summed E-state index contributed by atoms with van der Waals surface area (Å²) in [6.07, 6.45) is 5.34. The summed E-state index contributed by atoms with van der Waals surface area (Å²) in [5, 5.41) is 0. The number of primary amides is 1. The van der Waals surface area contributed by atoms with Gasteiger partial charge in [-0.05, 0) is 66.9 Å². The molecular weight excluding hydrogens is 356 g/mol. The normalized spacial score (nSPS) is 16.1. The maximum absolute atomic E-state index is 12.3. The van der Waals surface area contributed by atoms with Gasteiger partial charge in [-0.1, -0.05) is 23.9 Å². The predicted octanol–water partition coefficient (Wildman–Crippen LogP) is 4.16. The Kier molecular flexibility index (Phi) is 5.05. The Morgan fingerprint density at radius 1 is 0.963 bits per heavy atom. The molecule has 1 saturated heterocycles. The molecule has 1 fully saturated rings. The summed E-state index contributed by atoms with van der Waals surface area (Å²) in [6, 6.07) is 20.7. The highest BCUT2D eigenvalue weighted by atomic mass is 32.2. The highest BCUT2D eigenvalue weighted by Gasteiger charge is 2.40. The first kappa shape index (κ1) is 17.9. The van der Waals surface area contributed by atoms with Crippen LogP contribution >= 0.6 is 11.8 Å². The van der Waals surface area contributed by atoms with Crippen LogP contribution in [0.3, 0.4) is 0 Å². The van der Waals surface area contributed by atoms with Crippen molar-refractivity contribution in [1.82, 2.24) is 4.57 Å². The van der Waals surface area contributed by atoms with Gasteiger partial charge in [-0.2, -0.15) is 0 Å². The number of aromatic nitrogens is 1. The number of amides is 1. The van der Waals surface area contributed by atoms with Gasteiger partial charge in [0.05, 0.1) is 5.41 Å². The van der Waals surface area contributed by atoms with Gasteiger partial charge >= 0.3 is 0 Å². The van der Waals surface area contributed by atoms with Crippen molar-refractivity contribution in [3.63, 3.8) is 0 Å². The van der Waals surface area contributed by atoms with Crippen LogP contribution in [0.15, 0.2) is 82.8 Å². The van der Waals surface area contributed by atoms with Crippen molar-refractivity contribution in [1.29, 1.82) is 0 Å². The minimum atomic E-state index is -0.618. The lowest BCUT2D eigenvalue weighted by Crippen LogP contribution is -2.45. The largest absolute Gasteiger partial charge is 0.381 e. The van der Waals surface area contributed by atoms with Crippen molar-refractivity contribution in [2.75, 3.05) is 13.2 Å². The fourth-order valence-corrected chi connectivity index (χ4v) is 4.46. The van der Waals surface area contributed by atoms with Gasteiger partial charge in [-0.15, -0.1) is 0 Å². The topological polar surface area (TPSA) is 57.2 Å². The molecule has 0 saturated carbocycles. The predicted molar refractivity (Wildman–Crippen MR) is 107 cm³/mol. The van der Waals surface area contributed by atoms with Gasteiger partial charge in [0.2, 0.25) is 5.91 Å². The molecule has 1 aromatic heterocycles. The summed E-state index contributed by atoms with van der Waals surface area (Å²) in [7, 11) is 0. The Balaban J connectivity index is 1.56. The van der Waals surface area contributed by atoms with Crippen LogP contribution in [0.4, 0.5) is 0 Å². The third-order valence-electron chi connectivity index (χ3n) is 5.18. The second-order valence-corrected chi connectivity index (χ2v) is 7.92. The third kappa shape index (κ3) is 3.66. The zero-order valence-electron chi connectivity index (χ0n) is 15.0. The molecule has 27 heavy (non-hydrogen) atoms. The molecule has 0 aliphatic carbocycles. The molecule has 1 aliphatic rings. The second kappa shape index (κ2) is 7.62. The number of nitrogens with zero attached hydrogens (tertiary/aromatic N) is 1. The summed E-state index contributed by atoms with van der Waals surface area (Å²) in [4.78, 5) is 14.5. The van der Waals surface area contributed by atoms with Gasteiger partial charge in [0.25, 0.3) is 0 Å². The van der Waals surface area contributed by atoms with E-state index in [9.17, 15) is 4.79 Å². The maximum Gasteiger partial charge on any atom is 0.228 e. The lowest BCUT2D eigenvalue weighted by atomic mass is 9.73. The van der Waals surface area contributed by atoms with Crippen LogP contribution in [0.2, 0.25) is 0 Å². The minimum Gasteiger partial charge on any atom is -0.381 e. The quantitative estimate of drug-likeness (QED) is 0.725. The number of rotatable bonds is 5. The Morgan fingerprint density at radius 2 is 1.67 bits per heavy atom. The van der Waals surface area contributed by atoms with Crippen LogP contribution in [0.1, 0.15) is 18.4 Å². The van der Waals surface area contributed by atoms with Crippen LogP contribution < -0.4 is 5.73 Å². The second-order valence-electron chi connectivity index (χ2n) is 6.77. The van der Waals surface area contributed by atoms with Gasteiger partial charge in [-0.3, -0.25) is 4.79 Å². The molecule has 0 atom stereocenters. The van der Waals surface area contributed by atoms with E-state index in [1.54, 1.807) is 11.8 Å². The van der Waals surface area contributed by atoms with E-state index in [0.717, 1.165) is 21.0 Å². The van der Waals surface area contributed by atoms with E-state index in [0.29, 0.717) is 26.1 Å². The monoisotopic (exact) mass is 378 g/mol. The Hall–Kier alpha value is -2.50. The molecule has 0 bridgehead atoms. The molecule has 2 aromatic carbocycles. The molecule has 0 unspecified atom stereocenters. The fourth-order valence-electron chi connectivity index (χ4n) is 3.58. The number of carbonyl (C=O) groups is 1. The Labute approximate surface area is 163 Å². The number of hydrogen-bond donors (Lipinski definition) is 1. The SMILES string of the molecule is NC(=O)C1(c2cccc(Sc3ccc(-n4cccc4)cc3)c2)CCOCC1. The summed E-state index contributed by atoms with van der Waals surface area (Å²) < 4.78 is 7.53. The van der Waals surface area contributed by atoms with E-state index in [2.05, 4.69) is 41.0 Å². The molecule has 0 radical (unpaired) electrons. The first-order valence-electron chi connectivity index (χ1n) is 9.07. The summed E-state index contributed by atoms with van der Waals surface area (Å²) in [6.45, 7) is 1.14. The van der Waals surface area contributed by atoms with Crippen LogP contribution in [0.25, 0.3) is 5.69 Å². The van der Waals surface area contributed by atoms with Crippen molar-refractivity contribution in [2.24, 2.45) is 5.73 Å². The first-order valence-corrected chi connectivity index (χ1v) is 9.88. The maximum atomic E-state index is 12.3. The molecule has 138 valence electrons. The van der Waals surface area contributed by atoms with Crippen molar-refractivity contribution >= 4 is 17.7 Å². The van der Waals surface area contributed by atoms with Crippen molar-refractivity contribution in [3.05, 3.63) is 78.6 Å². The minimum absolute atomic E-state index is 0.260. The third-order valence-corrected chi connectivity index (χ3v) is 6.18. The molecule has 1 amide bonds. The molecule has 3 aromatic rings. The van der Waals surface area contributed by atoms with Crippen LogP contribution in [0, 0.1) is 0 Å². The number of ether oxygens (including phenoxy) is 1. The molecular formula is C22H22N2O2S. The number of nitrogens with two attached hydrogens (primary N) is 1. The van der Waals surface area contributed by atoms with Gasteiger partial charge in [0.15, 0.2) is 0 Å². The molecule has 4 rings (SSSR count). The summed E-state index contributed by atoms with van der Waals surface area (Å²) in [5.74, 6) is -0.260. The van der Waals surface area contributed by atoms with Crippen LogP contribution in [-0.2, 0) is 14.9 Å². The highest BCUT2D eigenvalue weighted by molar-refractivity contribution is 7.99. The molecule has 1 aliphatic heterocycles.